The first-order valence-corrected chi connectivity index (χ1v) is 5.26. The Hall–Kier alpha value is -1.49. The van der Waals surface area contributed by atoms with Crippen LogP contribution in [0.3, 0.4) is 0 Å². The van der Waals surface area contributed by atoms with Crippen molar-refractivity contribution in [3.8, 4) is 0 Å². The summed E-state index contributed by atoms with van der Waals surface area (Å²) in [5.74, 6) is -2.15. The average molecular weight is 243 g/mol. The van der Waals surface area contributed by atoms with Crippen LogP contribution in [0.25, 0.3) is 0 Å². The quantitative estimate of drug-likeness (QED) is 0.867. The summed E-state index contributed by atoms with van der Waals surface area (Å²) in [6, 6.07) is 3.36. The molecule has 1 rings (SSSR count). The van der Waals surface area contributed by atoms with Crippen molar-refractivity contribution in [3.05, 3.63) is 35.4 Å². The van der Waals surface area contributed by atoms with Gasteiger partial charge in [0.1, 0.15) is 0 Å². The van der Waals surface area contributed by atoms with Crippen LogP contribution in [0.2, 0.25) is 0 Å². The van der Waals surface area contributed by atoms with Crippen LogP contribution in [-0.4, -0.2) is 35.6 Å². The van der Waals surface area contributed by atoms with E-state index in [1.165, 1.54) is 11.0 Å². The Labute approximate surface area is 98.7 Å². The minimum Gasteiger partial charge on any atom is -0.392 e. The molecule has 0 saturated heterocycles. The molecule has 0 aliphatic carbocycles. The van der Waals surface area contributed by atoms with Crippen molar-refractivity contribution in [1.29, 1.82) is 0 Å². The first-order chi connectivity index (χ1) is 7.90. The zero-order chi connectivity index (χ0) is 13.0. The maximum absolute atomic E-state index is 12.9. The average Bonchev–Trinajstić information content (AvgIpc) is 2.22. The summed E-state index contributed by atoms with van der Waals surface area (Å²) in [5.41, 5.74) is 0.409. The molecule has 1 unspecified atom stereocenters. The fraction of sp³-hybridized carbons (Fsp3) is 0.417. The molecule has 1 N–H and O–H groups in total. The third-order valence-corrected chi connectivity index (χ3v) is 2.30. The number of carbonyl (C=O) groups is 1. The van der Waals surface area contributed by atoms with E-state index in [1.807, 2.05) is 0 Å². The third-order valence-electron chi connectivity index (χ3n) is 2.30. The minimum absolute atomic E-state index is 0.0135. The summed E-state index contributed by atoms with van der Waals surface area (Å²) in [6.07, 6.45) is -0.630. The number of likely N-dealkylation sites (N-methyl/N-ethyl adjacent to an activating group) is 1. The van der Waals surface area contributed by atoms with Gasteiger partial charge in [0.2, 0.25) is 5.91 Å². The van der Waals surface area contributed by atoms with Gasteiger partial charge in [-0.2, -0.15) is 0 Å². The molecule has 0 bridgehead atoms. The number of aliphatic hydroxyl groups excluding tert-OH is 1. The van der Waals surface area contributed by atoms with Crippen LogP contribution in [0.4, 0.5) is 8.78 Å². The van der Waals surface area contributed by atoms with Gasteiger partial charge in [0.05, 0.1) is 12.5 Å². The van der Waals surface area contributed by atoms with E-state index < -0.39 is 17.7 Å². The summed E-state index contributed by atoms with van der Waals surface area (Å²) in [7, 11) is 1.55. The van der Waals surface area contributed by atoms with Gasteiger partial charge >= 0.3 is 0 Å². The van der Waals surface area contributed by atoms with E-state index in [4.69, 9.17) is 5.11 Å². The molecular formula is C12H15F2NO2. The Morgan fingerprint density at radius 1 is 1.41 bits per heavy atom. The lowest BCUT2D eigenvalue weighted by Gasteiger charge is -2.18. The van der Waals surface area contributed by atoms with Crippen LogP contribution >= 0.6 is 0 Å². The van der Waals surface area contributed by atoms with Gasteiger partial charge in [-0.3, -0.25) is 4.79 Å². The molecule has 0 spiro atoms. The predicted octanol–water partition coefficient (Wildman–Crippen LogP) is 1.35. The van der Waals surface area contributed by atoms with Crippen LogP contribution in [0.15, 0.2) is 18.2 Å². The largest absolute Gasteiger partial charge is 0.392 e. The van der Waals surface area contributed by atoms with Gasteiger partial charge in [-0.25, -0.2) is 8.78 Å². The number of rotatable bonds is 4. The Morgan fingerprint density at radius 2 is 2.06 bits per heavy atom. The number of halogens is 2. The molecule has 0 radical (unpaired) electrons. The van der Waals surface area contributed by atoms with Gasteiger partial charge in [-0.15, -0.1) is 0 Å². The van der Waals surface area contributed by atoms with Crippen LogP contribution in [0.5, 0.6) is 0 Å². The standard InChI is InChI=1S/C12H15F2NO2/c1-8(16)7-15(2)12(17)6-9-3-4-10(13)11(14)5-9/h3-5,8,16H,6-7H2,1-2H3. The van der Waals surface area contributed by atoms with Crippen molar-refractivity contribution in [2.45, 2.75) is 19.4 Å². The molecule has 1 aromatic rings. The molecule has 0 saturated carbocycles. The lowest BCUT2D eigenvalue weighted by Crippen LogP contribution is -2.34. The van der Waals surface area contributed by atoms with Crippen molar-refractivity contribution in [3.63, 3.8) is 0 Å². The van der Waals surface area contributed by atoms with Crippen LogP contribution in [0.1, 0.15) is 12.5 Å². The van der Waals surface area contributed by atoms with Crippen LogP contribution in [0, 0.1) is 11.6 Å². The van der Waals surface area contributed by atoms with Crippen molar-refractivity contribution in [2.24, 2.45) is 0 Å². The number of hydrogen-bond donors (Lipinski definition) is 1. The summed E-state index contributed by atoms with van der Waals surface area (Å²) in [6.45, 7) is 1.78. The van der Waals surface area contributed by atoms with Crippen molar-refractivity contribution >= 4 is 5.91 Å². The minimum atomic E-state index is -0.964. The molecule has 1 amide bonds. The van der Waals surface area contributed by atoms with E-state index in [0.717, 1.165) is 12.1 Å². The Bertz CT molecular complexity index is 407. The van der Waals surface area contributed by atoms with Gasteiger partial charge in [0, 0.05) is 13.6 Å². The first-order valence-electron chi connectivity index (χ1n) is 5.26. The molecule has 17 heavy (non-hydrogen) atoms. The van der Waals surface area contributed by atoms with E-state index in [-0.39, 0.29) is 18.9 Å². The van der Waals surface area contributed by atoms with E-state index in [1.54, 1.807) is 14.0 Å². The molecule has 0 heterocycles. The number of hydrogen-bond acceptors (Lipinski definition) is 2. The summed E-state index contributed by atoms with van der Waals surface area (Å²) >= 11 is 0. The fourth-order valence-electron chi connectivity index (χ4n) is 1.46. The maximum atomic E-state index is 12.9. The second-order valence-electron chi connectivity index (χ2n) is 4.05. The molecule has 94 valence electrons. The highest BCUT2D eigenvalue weighted by Gasteiger charge is 2.12. The zero-order valence-corrected chi connectivity index (χ0v) is 9.78. The van der Waals surface area contributed by atoms with Crippen molar-refractivity contribution in [2.75, 3.05) is 13.6 Å². The smallest absolute Gasteiger partial charge is 0.226 e. The molecule has 3 nitrogen and oxygen atoms in total. The topological polar surface area (TPSA) is 40.5 Å². The molecular weight excluding hydrogens is 228 g/mol. The van der Waals surface area contributed by atoms with Gasteiger partial charge in [-0.1, -0.05) is 6.07 Å². The molecule has 0 fully saturated rings. The SMILES string of the molecule is CC(O)CN(C)C(=O)Cc1ccc(F)c(F)c1. The molecule has 1 atom stereocenters. The van der Waals surface area contributed by atoms with Gasteiger partial charge in [0.15, 0.2) is 11.6 Å². The Morgan fingerprint density at radius 3 is 2.59 bits per heavy atom. The van der Waals surface area contributed by atoms with Crippen LogP contribution < -0.4 is 0 Å². The molecule has 5 heteroatoms. The second-order valence-corrected chi connectivity index (χ2v) is 4.05. The molecule has 0 aromatic heterocycles. The highest BCUT2D eigenvalue weighted by molar-refractivity contribution is 5.78. The Balaban J connectivity index is 2.64. The van der Waals surface area contributed by atoms with E-state index in [0.29, 0.717) is 5.56 Å². The van der Waals surface area contributed by atoms with Crippen LogP contribution in [-0.2, 0) is 11.2 Å². The summed E-state index contributed by atoms with van der Waals surface area (Å²) in [5, 5.41) is 9.11. The fourth-order valence-corrected chi connectivity index (χ4v) is 1.46. The van der Waals surface area contributed by atoms with E-state index in [2.05, 4.69) is 0 Å². The highest BCUT2D eigenvalue weighted by atomic mass is 19.2. The first kappa shape index (κ1) is 13.6. The number of carbonyl (C=O) groups excluding carboxylic acids is 1. The number of amides is 1. The van der Waals surface area contributed by atoms with E-state index >= 15 is 0 Å². The predicted molar refractivity (Wildman–Crippen MR) is 59.4 cm³/mol. The Kier molecular flexibility index (Phi) is 4.57. The molecule has 1 aromatic carbocycles. The number of aliphatic hydroxyl groups is 1. The summed E-state index contributed by atoms with van der Waals surface area (Å²) < 4.78 is 25.6. The van der Waals surface area contributed by atoms with Gasteiger partial charge in [-0.05, 0) is 24.6 Å². The number of nitrogens with zero attached hydrogens (tertiary/aromatic N) is 1. The second kappa shape index (κ2) is 5.72. The van der Waals surface area contributed by atoms with Crippen molar-refractivity contribution in [1.82, 2.24) is 4.90 Å². The van der Waals surface area contributed by atoms with E-state index in [9.17, 15) is 13.6 Å². The number of benzene rings is 1. The van der Waals surface area contributed by atoms with Gasteiger partial charge < -0.3 is 10.0 Å². The summed E-state index contributed by atoms with van der Waals surface area (Å²) in [4.78, 5) is 13.0. The molecule has 0 aliphatic rings. The lowest BCUT2D eigenvalue weighted by atomic mass is 10.1. The normalized spacial score (nSPS) is 12.3. The molecule has 0 aliphatic heterocycles. The monoisotopic (exact) mass is 243 g/mol. The third kappa shape index (κ3) is 4.11. The van der Waals surface area contributed by atoms with Gasteiger partial charge in [0.25, 0.3) is 0 Å². The lowest BCUT2D eigenvalue weighted by molar-refractivity contribution is -0.130. The highest BCUT2D eigenvalue weighted by Crippen LogP contribution is 2.10. The van der Waals surface area contributed by atoms with Crippen molar-refractivity contribution < 1.29 is 18.7 Å². The maximum Gasteiger partial charge on any atom is 0.226 e. The zero-order valence-electron chi connectivity index (χ0n) is 9.78.